The van der Waals surface area contributed by atoms with E-state index in [0.29, 0.717) is 31.4 Å². The fraction of sp³-hybridized carbons (Fsp3) is 0.773. The van der Waals surface area contributed by atoms with E-state index in [1.165, 1.54) is 6.92 Å². The average Bonchev–Trinajstić information content (AvgIpc) is 3.13. The number of hydrogen-bond acceptors (Lipinski definition) is 8. The largest absolute Gasteiger partial charge is 0.469 e. The number of carbonyl (C=O) groups excluding carboxylic acids is 3. The molecule has 7 unspecified atom stereocenters. The predicted octanol–water partition coefficient (Wildman–Crippen LogP) is 1.62. The van der Waals surface area contributed by atoms with Crippen molar-refractivity contribution in [2.45, 2.75) is 77.8 Å². The number of aliphatic hydroxyl groups excluding tert-OH is 1. The monoisotopic (exact) mass is 422 g/mol. The summed E-state index contributed by atoms with van der Waals surface area (Å²) in [5, 5.41) is 21.4. The van der Waals surface area contributed by atoms with Crippen LogP contribution in [-0.4, -0.2) is 52.5 Å². The number of carbonyl (C=O) groups is 3. The van der Waals surface area contributed by atoms with Crippen LogP contribution in [0.4, 0.5) is 0 Å². The van der Waals surface area contributed by atoms with Gasteiger partial charge in [0.25, 0.3) is 0 Å². The van der Waals surface area contributed by atoms with Crippen LogP contribution in [-0.2, 0) is 28.6 Å². The molecule has 30 heavy (non-hydrogen) atoms. The number of ether oxygens (including phenoxy) is 3. The SMILES string of the molecule is CC(=O)OC1C(=O)CC2C3(CCC(C)(O)C2(C)CC2=C(C)CC(O)O2)COC(=O)C13. The lowest BCUT2D eigenvalue weighted by molar-refractivity contribution is -0.212. The van der Waals surface area contributed by atoms with Gasteiger partial charge in [0.2, 0.25) is 6.29 Å². The standard InChI is InChI=1S/C22H30O8/c1-11-7-16(25)30-14(11)9-20(3)15-8-13(24)18(29-12(2)23)17-19(26)28-10-22(15,17)6-5-21(20,4)27/h15-18,25,27H,5-10H2,1-4H3. The number of esters is 2. The Morgan fingerprint density at radius 1 is 1.23 bits per heavy atom. The van der Waals surface area contributed by atoms with Gasteiger partial charge in [0.05, 0.1) is 18.0 Å². The summed E-state index contributed by atoms with van der Waals surface area (Å²) in [6.07, 6.45) is -0.343. The molecule has 2 aliphatic heterocycles. The molecular formula is C22H30O8. The molecule has 2 heterocycles. The predicted molar refractivity (Wildman–Crippen MR) is 103 cm³/mol. The van der Waals surface area contributed by atoms with Crippen LogP contribution in [0.5, 0.6) is 0 Å². The topological polar surface area (TPSA) is 119 Å². The normalized spacial score (nSPS) is 45.5. The van der Waals surface area contributed by atoms with Crippen molar-refractivity contribution in [2.24, 2.45) is 22.7 Å². The fourth-order valence-electron chi connectivity index (χ4n) is 6.30. The number of rotatable bonds is 3. The minimum atomic E-state index is -1.15. The van der Waals surface area contributed by atoms with Gasteiger partial charge in [-0.2, -0.15) is 0 Å². The highest BCUT2D eigenvalue weighted by Crippen LogP contribution is 2.66. The van der Waals surface area contributed by atoms with Gasteiger partial charge in [-0.1, -0.05) is 6.92 Å². The Morgan fingerprint density at radius 2 is 1.93 bits per heavy atom. The summed E-state index contributed by atoms with van der Waals surface area (Å²) < 4.78 is 16.4. The molecule has 8 nitrogen and oxygen atoms in total. The molecule has 2 N–H and O–H groups in total. The molecule has 4 rings (SSSR count). The number of hydrogen-bond donors (Lipinski definition) is 2. The first kappa shape index (κ1) is 21.3. The number of ketones is 1. The van der Waals surface area contributed by atoms with Crippen molar-refractivity contribution in [1.29, 1.82) is 0 Å². The first-order valence-corrected chi connectivity index (χ1v) is 10.5. The number of allylic oxidation sites excluding steroid dienone is 1. The summed E-state index contributed by atoms with van der Waals surface area (Å²) in [6.45, 7) is 6.93. The van der Waals surface area contributed by atoms with Crippen molar-refractivity contribution in [1.82, 2.24) is 0 Å². The van der Waals surface area contributed by atoms with Crippen LogP contribution in [0.3, 0.4) is 0 Å². The summed E-state index contributed by atoms with van der Waals surface area (Å²) in [5.74, 6) is -2.07. The molecule has 7 atom stereocenters. The van der Waals surface area contributed by atoms with Crippen LogP contribution < -0.4 is 0 Å². The van der Waals surface area contributed by atoms with Crippen molar-refractivity contribution in [3.05, 3.63) is 11.3 Å². The Bertz CT molecular complexity index is 829. The van der Waals surface area contributed by atoms with Crippen molar-refractivity contribution >= 4 is 17.7 Å². The first-order valence-electron chi connectivity index (χ1n) is 10.5. The molecule has 1 spiro atoms. The molecule has 0 amide bonds. The quantitative estimate of drug-likeness (QED) is 0.659. The molecule has 0 bridgehead atoms. The lowest BCUT2D eigenvalue weighted by Crippen LogP contribution is -2.66. The van der Waals surface area contributed by atoms with Crippen LogP contribution in [0.15, 0.2) is 11.3 Å². The van der Waals surface area contributed by atoms with E-state index >= 15 is 0 Å². The Labute approximate surface area is 175 Å². The van der Waals surface area contributed by atoms with Crippen molar-refractivity contribution in [2.75, 3.05) is 6.61 Å². The molecule has 8 heteroatoms. The summed E-state index contributed by atoms with van der Waals surface area (Å²) in [6, 6.07) is 0. The molecule has 4 aliphatic rings. The molecule has 2 saturated carbocycles. The van der Waals surface area contributed by atoms with Gasteiger partial charge in [-0.3, -0.25) is 14.4 Å². The van der Waals surface area contributed by atoms with Gasteiger partial charge in [0.15, 0.2) is 11.9 Å². The fourth-order valence-corrected chi connectivity index (χ4v) is 6.30. The van der Waals surface area contributed by atoms with E-state index in [1.54, 1.807) is 6.92 Å². The molecule has 1 saturated heterocycles. The zero-order valence-corrected chi connectivity index (χ0v) is 17.9. The number of cyclic esters (lactones) is 1. The van der Waals surface area contributed by atoms with Gasteiger partial charge in [-0.05, 0) is 38.2 Å². The third-order valence-electron chi connectivity index (χ3n) is 8.21. The summed E-state index contributed by atoms with van der Waals surface area (Å²) in [7, 11) is 0. The molecule has 3 fully saturated rings. The molecule has 0 aromatic heterocycles. The van der Waals surface area contributed by atoms with Crippen LogP contribution >= 0.6 is 0 Å². The summed E-state index contributed by atoms with van der Waals surface area (Å²) >= 11 is 0. The molecule has 0 radical (unpaired) electrons. The van der Waals surface area contributed by atoms with Crippen LogP contribution in [0.2, 0.25) is 0 Å². The van der Waals surface area contributed by atoms with E-state index in [4.69, 9.17) is 14.2 Å². The van der Waals surface area contributed by atoms with Gasteiger partial charge >= 0.3 is 11.9 Å². The van der Waals surface area contributed by atoms with Crippen molar-refractivity contribution in [3.8, 4) is 0 Å². The molecule has 0 aromatic rings. The van der Waals surface area contributed by atoms with E-state index in [0.717, 1.165) is 5.57 Å². The molecule has 166 valence electrons. The van der Waals surface area contributed by atoms with Gasteiger partial charge in [0, 0.05) is 37.0 Å². The zero-order chi connectivity index (χ0) is 22.1. The minimum Gasteiger partial charge on any atom is -0.469 e. The summed E-state index contributed by atoms with van der Waals surface area (Å²) in [5.41, 5.74) is -1.73. The highest BCUT2D eigenvalue weighted by molar-refractivity contribution is 5.93. The highest BCUT2D eigenvalue weighted by Gasteiger charge is 2.71. The maximum absolute atomic E-state index is 13.1. The van der Waals surface area contributed by atoms with Crippen molar-refractivity contribution in [3.63, 3.8) is 0 Å². The van der Waals surface area contributed by atoms with E-state index in [2.05, 4.69) is 0 Å². The van der Waals surface area contributed by atoms with Gasteiger partial charge < -0.3 is 24.4 Å². The lowest BCUT2D eigenvalue weighted by Gasteiger charge is -2.61. The third kappa shape index (κ3) is 2.91. The Hall–Kier alpha value is -1.93. The van der Waals surface area contributed by atoms with Crippen LogP contribution in [0.25, 0.3) is 0 Å². The van der Waals surface area contributed by atoms with E-state index in [-0.39, 0.29) is 24.7 Å². The second-order valence-corrected chi connectivity index (χ2v) is 9.92. The maximum Gasteiger partial charge on any atom is 0.313 e. The highest BCUT2D eigenvalue weighted by atomic mass is 16.6. The number of Topliss-reactive ketones (excluding diaryl/α,β-unsaturated/α-hetero) is 1. The third-order valence-corrected chi connectivity index (χ3v) is 8.21. The van der Waals surface area contributed by atoms with E-state index in [1.807, 2.05) is 13.8 Å². The van der Waals surface area contributed by atoms with Crippen LogP contribution in [0.1, 0.15) is 59.8 Å². The van der Waals surface area contributed by atoms with E-state index < -0.39 is 46.7 Å². The molecule has 0 aromatic carbocycles. The minimum absolute atomic E-state index is 0.0760. The Balaban J connectivity index is 1.78. The molecule has 2 aliphatic carbocycles. The van der Waals surface area contributed by atoms with E-state index in [9.17, 15) is 24.6 Å². The Morgan fingerprint density at radius 3 is 2.53 bits per heavy atom. The van der Waals surface area contributed by atoms with Gasteiger partial charge in [0.1, 0.15) is 5.92 Å². The Kier molecular flexibility index (Phi) is 4.82. The van der Waals surface area contributed by atoms with Crippen molar-refractivity contribution < 1.29 is 38.8 Å². The first-order chi connectivity index (χ1) is 13.9. The smallest absolute Gasteiger partial charge is 0.313 e. The summed E-state index contributed by atoms with van der Waals surface area (Å²) in [4.78, 5) is 37.4. The molecular weight excluding hydrogens is 392 g/mol. The zero-order valence-electron chi connectivity index (χ0n) is 17.9. The number of aliphatic hydroxyl groups is 2. The van der Waals surface area contributed by atoms with Crippen LogP contribution in [0, 0.1) is 22.7 Å². The van der Waals surface area contributed by atoms with Gasteiger partial charge in [-0.25, -0.2) is 0 Å². The van der Waals surface area contributed by atoms with Gasteiger partial charge in [-0.15, -0.1) is 0 Å². The second kappa shape index (κ2) is 6.79. The lowest BCUT2D eigenvalue weighted by atomic mass is 9.43. The maximum atomic E-state index is 13.1. The second-order valence-electron chi connectivity index (χ2n) is 9.92. The average molecular weight is 422 g/mol.